The van der Waals surface area contributed by atoms with Crippen molar-refractivity contribution in [3.8, 4) is 0 Å². The Morgan fingerprint density at radius 1 is 1.64 bits per heavy atom. The van der Waals surface area contributed by atoms with Crippen molar-refractivity contribution >= 4 is 33.0 Å². The molecule has 0 fully saturated rings. The van der Waals surface area contributed by atoms with E-state index in [0.717, 1.165) is 15.7 Å². The van der Waals surface area contributed by atoms with Gasteiger partial charge in [-0.15, -0.1) is 0 Å². The molecule has 0 saturated carbocycles. The van der Waals surface area contributed by atoms with E-state index >= 15 is 0 Å². The normalized spacial score (nSPS) is 10.8. The lowest BCUT2D eigenvalue weighted by Gasteiger charge is -1.92. The number of rotatable bonds is 1. The quantitative estimate of drug-likeness (QED) is 0.800. The molecule has 2 aromatic rings. The van der Waals surface area contributed by atoms with Gasteiger partial charge in [-0.1, -0.05) is 0 Å². The second kappa shape index (κ2) is 3.16. The number of ether oxygens (including phenoxy) is 1. The summed E-state index contributed by atoms with van der Waals surface area (Å²) in [4.78, 5) is 14.1. The van der Waals surface area contributed by atoms with E-state index in [1.54, 1.807) is 6.07 Å². The van der Waals surface area contributed by atoms with E-state index in [-0.39, 0.29) is 0 Å². The highest BCUT2D eigenvalue weighted by atomic mass is 79.9. The van der Waals surface area contributed by atoms with Gasteiger partial charge in [0.15, 0.2) is 5.58 Å². The number of carbonyl (C=O) groups is 1. The highest BCUT2D eigenvalue weighted by molar-refractivity contribution is 9.10. The summed E-state index contributed by atoms with van der Waals surface area (Å²) in [6.45, 7) is 1.84. The third kappa shape index (κ3) is 1.24. The van der Waals surface area contributed by atoms with Gasteiger partial charge in [-0.05, 0) is 22.9 Å². The molecule has 0 aliphatic heterocycles. The Labute approximate surface area is 88.4 Å². The van der Waals surface area contributed by atoms with Crippen LogP contribution in [0.15, 0.2) is 15.0 Å². The number of aromatic amines is 1. The zero-order valence-corrected chi connectivity index (χ0v) is 9.27. The number of methoxy groups -OCH3 is 1. The van der Waals surface area contributed by atoms with Crippen molar-refractivity contribution in [3.05, 3.63) is 22.0 Å². The molecule has 74 valence electrons. The Balaban J connectivity index is 2.59. The highest BCUT2D eigenvalue weighted by Crippen LogP contribution is 2.30. The van der Waals surface area contributed by atoms with Gasteiger partial charge in [-0.2, -0.15) is 0 Å². The number of fused-ring (bicyclic) bond motifs is 1. The summed E-state index contributed by atoms with van der Waals surface area (Å²) in [7, 11) is 1.34. The van der Waals surface area contributed by atoms with Gasteiger partial charge in [0.1, 0.15) is 11.5 Å². The second-order valence-electron chi connectivity index (χ2n) is 2.89. The zero-order valence-electron chi connectivity index (χ0n) is 7.68. The fourth-order valence-electron chi connectivity index (χ4n) is 1.28. The monoisotopic (exact) mass is 257 g/mol. The van der Waals surface area contributed by atoms with Crippen LogP contribution >= 0.6 is 15.9 Å². The maximum atomic E-state index is 11.2. The molecule has 0 aliphatic carbocycles. The highest BCUT2D eigenvalue weighted by Gasteiger charge is 2.15. The van der Waals surface area contributed by atoms with Gasteiger partial charge >= 0.3 is 5.97 Å². The molecule has 0 unspecified atom stereocenters. The van der Waals surface area contributed by atoms with Crippen LogP contribution in [0.25, 0.3) is 11.1 Å². The first kappa shape index (κ1) is 9.33. The topological polar surface area (TPSA) is 55.2 Å². The minimum absolute atomic E-state index is 0.391. The van der Waals surface area contributed by atoms with Gasteiger partial charge in [-0.25, -0.2) is 4.79 Å². The molecular formula is C9H8BrNO3. The van der Waals surface area contributed by atoms with Gasteiger partial charge in [0.2, 0.25) is 0 Å². The summed E-state index contributed by atoms with van der Waals surface area (Å²) in [5.74, 6) is 0.378. The van der Waals surface area contributed by atoms with Crippen LogP contribution in [0.4, 0.5) is 0 Å². The summed E-state index contributed by atoms with van der Waals surface area (Å²) >= 11 is 3.36. The maximum Gasteiger partial charge on any atom is 0.354 e. The fourth-order valence-corrected chi connectivity index (χ4v) is 1.66. The number of hydrogen-bond acceptors (Lipinski definition) is 3. The number of nitrogens with one attached hydrogen (secondary N) is 1. The molecule has 0 aliphatic rings. The van der Waals surface area contributed by atoms with Crippen molar-refractivity contribution in [1.82, 2.24) is 4.98 Å². The van der Waals surface area contributed by atoms with Gasteiger partial charge in [0.25, 0.3) is 0 Å². The molecule has 0 saturated heterocycles. The number of hydrogen-bond donors (Lipinski definition) is 1. The molecule has 0 amide bonds. The van der Waals surface area contributed by atoms with Crippen molar-refractivity contribution in [2.45, 2.75) is 6.92 Å². The average molecular weight is 258 g/mol. The van der Waals surface area contributed by atoms with E-state index in [0.29, 0.717) is 11.3 Å². The third-order valence-corrected chi connectivity index (χ3v) is 2.93. The summed E-state index contributed by atoms with van der Waals surface area (Å²) in [5, 5.41) is 0. The molecule has 2 aromatic heterocycles. The second-order valence-corrected chi connectivity index (χ2v) is 3.68. The molecule has 1 N–H and O–H groups in total. The Morgan fingerprint density at radius 2 is 2.36 bits per heavy atom. The lowest BCUT2D eigenvalue weighted by molar-refractivity contribution is 0.0595. The summed E-state index contributed by atoms with van der Waals surface area (Å²) in [5.41, 5.74) is 1.82. The van der Waals surface area contributed by atoms with Crippen LogP contribution in [0, 0.1) is 6.92 Å². The third-order valence-electron chi connectivity index (χ3n) is 1.98. The molecule has 5 heteroatoms. The van der Waals surface area contributed by atoms with E-state index in [1.807, 2.05) is 6.92 Å². The summed E-state index contributed by atoms with van der Waals surface area (Å²) in [6.07, 6.45) is 0. The van der Waals surface area contributed by atoms with Gasteiger partial charge in [0, 0.05) is 6.07 Å². The SMILES string of the molecule is COC(=O)c1cc2oc(C)c(Br)c2[nH]1. The van der Waals surface area contributed by atoms with E-state index in [2.05, 4.69) is 25.7 Å². The van der Waals surface area contributed by atoms with Crippen LogP contribution in [-0.2, 0) is 4.74 Å². The van der Waals surface area contributed by atoms with Crippen LogP contribution in [0.5, 0.6) is 0 Å². The lowest BCUT2D eigenvalue weighted by atomic mass is 10.4. The average Bonchev–Trinajstić information content (AvgIpc) is 2.68. The predicted molar refractivity (Wildman–Crippen MR) is 54.3 cm³/mol. The molecule has 0 aromatic carbocycles. The predicted octanol–water partition coefficient (Wildman–Crippen LogP) is 2.62. The van der Waals surface area contributed by atoms with Crippen LogP contribution in [-0.4, -0.2) is 18.1 Å². The van der Waals surface area contributed by atoms with Crippen LogP contribution in [0.2, 0.25) is 0 Å². The maximum absolute atomic E-state index is 11.2. The largest absolute Gasteiger partial charge is 0.464 e. The Kier molecular flexibility index (Phi) is 2.11. The Hall–Kier alpha value is -1.23. The smallest absolute Gasteiger partial charge is 0.354 e. The number of aromatic nitrogens is 1. The lowest BCUT2D eigenvalue weighted by Crippen LogP contribution is -2.00. The first-order valence-electron chi connectivity index (χ1n) is 3.99. The molecule has 0 radical (unpaired) electrons. The molecule has 2 heterocycles. The molecule has 0 bridgehead atoms. The van der Waals surface area contributed by atoms with Gasteiger partial charge in [0.05, 0.1) is 17.1 Å². The molecule has 14 heavy (non-hydrogen) atoms. The van der Waals surface area contributed by atoms with Crippen molar-refractivity contribution < 1.29 is 13.9 Å². The van der Waals surface area contributed by atoms with Crippen LogP contribution < -0.4 is 0 Å². The number of esters is 1. The van der Waals surface area contributed by atoms with Gasteiger partial charge < -0.3 is 14.1 Å². The molecule has 0 atom stereocenters. The van der Waals surface area contributed by atoms with Crippen molar-refractivity contribution in [3.63, 3.8) is 0 Å². The first-order chi connectivity index (χ1) is 6.63. The summed E-state index contributed by atoms with van der Waals surface area (Å²) < 4.78 is 10.8. The number of aryl methyl sites for hydroxylation is 1. The van der Waals surface area contributed by atoms with Crippen LogP contribution in [0.3, 0.4) is 0 Å². The number of furan rings is 1. The Bertz CT molecular complexity index is 497. The van der Waals surface area contributed by atoms with Crippen molar-refractivity contribution in [1.29, 1.82) is 0 Å². The standard InChI is InChI=1S/C9H8BrNO3/c1-4-7(10)8-6(14-4)3-5(11-8)9(12)13-2/h3,11H,1-2H3. The number of halogens is 1. The van der Waals surface area contributed by atoms with Crippen LogP contribution in [0.1, 0.15) is 16.2 Å². The Morgan fingerprint density at radius 3 is 2.93 bits per heavy atom. The van der Waals surface area contributed by atoms with E-state index < -0.39 is 5.97 Å². The fraction of sp³-hybridized carbons (Fsp3) is 0.222. The van der Waals surface area contributed by atoms with Gasteiger partial charge in [-0.3, -0.25) is 0 Å². The molecule has 0 spiro atoms. The zero-order chi connectivity index (χ0) is 10.3. The van der Waals surface area contributed by atoms with E-state index in [1.165, 1.54) is 7.11 Å². The molecule has 2 rings (SSSR count). The summed E-state index contributed by atoms with van der Waals surface area (Å²) in [6, 6.07) is 1.62. The van der Waals surface area contributed by atoms with Crippen molar-refractivity contribution in [2.75, 3.05) is 7.11 Å². The minimum atomic E-state index is -0.402. The molecule has 4 nitrogen and oxygen atoms in total. The van der Waals surface area contributed by atoms with E-state index in [9.17, 15) is 4.79 Å². The van der Waals surface area contributed by atoms with Crippen molar-refractivity contribution in [2.24, 2.45) is 0 Å². The van der Waals surface area contributed by atoms with E-state index in [4.69, 9.17) is 4.42 Å². The first-order valence-corrected chi connectivity index (χ1v) is 4.78. The molecular weight excluding hydrogens is 250 g/mol. The number of H-pyrrole nitrogens is 1. The number of carbonyl (C=O) groups excluding carboxylic acids is 1. The minimum Gasteiger partial charge on any atom is -0.464 e.